The summed E-state index contributed by atoms with van der Waals surface area (Å²) in [6.45, 7) is 3.13. The number of amides is 1. The molecule has 0 bridgehead atoms. The van der Waals surface area contributed by atoms with E-state index in [1.54, 1.807) is 18.2 Å². The van der Waals surface area contributed by atoms with Crippen molar-refractivity contribution in [2.75, 3.05) is 33.4 Å². The first kappa shape index (κ1) is 21.2. The quantitative estimate of drug-likeness (QED) is 0.680. The van der Waals surface area contributed by atoms with E-state index >= 15 is 0 Å². The van der Waals surface area contributed by atoms with Crippen molar-refractivity contribution in [2.45, 2.75) is 62.6 Å². The molecule has 1 aromatic carbocycles. The molecule has 2 saturated heterocycles. The van der Waals surface area contributed by atoms with Gasteiger partial charge in [0.1, 0.15) is 5.75 Å². The predicted octanol–water partition coefficient (Wildman–Crippen LogP) is 4.40. The second-order valence-corrected chi connectivity index (χ2v) is 9.44. The van der Waals surface area contributed by atoms with Gasteiger partial charge >= 0.3 is 0 Å². The Morgan fingerprint density at radius 1 is 1.24 bits per heavy atom. The molecular formula is C22H30Cl2N2O3. The van der Waals surface area contributed by atoms with Crippen LogP contribution in [-0.4, -0.2) is 66.7 Å². The van der Waals surface area contributed by atoms with Crippen LogP contribution >= 0.6 is 23.2 Å². The zero-order valence-corrected chi connectivity index (χ0v) is 18.6. The fourth-order valence-corrected chi connectivity index (χ4v) is 5.52. The summed E-state index contributed by atoms with van der Waals surface area (Å²) < 4.78 is 11.9. The van der Waals surface area contributed by atoms with Crippen molar-refractivity contribution in [2.24, 2.45) is 0 Å². The van der Waals surface area contributed by atoms with E-state index in [0.29, 0.717) is 21.8 Å². The first-order valence-electron chi connectivity index (χ1n) is 10.7. The van der Waals surface area contributed by atoms with Crippen LogP contribution in [0, 0.1) is 0 Å². The molecule has 1 amide bonds. The molecule has 2 heterocycles. The molecule has 160 valence electrons. The van der Waals surface area contributed by atoms with Crippen molar-refractivity contribution in [3.05, 3.63) is 28.2 Å². The number of likely N-dealkylation sites (tertiary alicyclic amines) is 1. The van der Waals surface area contributed by atoms with Gasteiger partial charge in [-0.1, -0.05) is 23.2 Å². The lowest BCUT2D eigenvalue weighted by molar-refractivity contribution is -0.139. The van der Waals surface area contributed by atoms with E-state index in [0.717, 1.165) is 51.8 Å². The number of carbonyl (C=O) groups is 1. The van der Waals surface area contributed by atoms with E-state index in [2.05, 4.69) is 4.90 Å². The van der Waals surface area contributed by atoms with Crippen molar-refractivity contribution in [1.29, 1.82) is 0 Å². The zero-order chi connectivity index (χ0) is 20.4. The van der Waals surface area contributed by atoms with Gasteiger partial charge in [-0.05, 0) is 70.2 Å². The Kier molecular flexibility index (Phi) is 6.59. The second kappa shape index (κ2) is 9.01. The van der Waals surface area contributed by atoms with Gasteiger partial charge in [-0.2, -0.15) is 0 Å². The standard InChI is InChI=1S/C22H30Cl2N2O3/c1-25(21(27)15-28-16-5-6-17(23)18(24)13-16)19-7-9-22(8-4-12-29-22)14-20(19)26-10-2-3-11-26/h5-6,13,19-20H,2-4,7-12,14-15H2,1H3/t19-,20-,22+/m0/s1. The van der Waals surface area contributed by atoms with Crippen LogP contribution in [0.1, 0.15) is 44.9 Å². The van der Waals surface area contributed by atoms with Crippen LogP contribution in [0.3, 0.4) is 0 Å². The maximum absolute atomic E-state index is 12.9. The molecule has 2 aliphatic heterocycles. The van der Waals surface area contributed by atoms with Crippen molar-refractivity contribution in [1.82, 2.24) is 9.80 Å². The second-order valence-electron chi connectivity index (χ2n) is 8.62. The minimum absolute atomic E-state index is 0.000671. The van der Waals surface area contributed by atoms with Crippen LogP contribution in [0.4, 0.5) is 0 Å². The molecule has 7 heteroatoms. The topological polar surface area (TPSA) is 42.0 Å². The first-order chi connectivity index (χ1) is 14.0. The maximum atomic E-state index is 12.9. The third kappa shape index (κ3) is 4.68. The average molecular weight is 441 g/mol. The Labute approximate surface area is 183 Å². The number of halogens is 2. The number of likely N-dealkylation sites (N-methyl/N-ethyl adjacent to an activating group) is 1. The van der Waals surface area contributed by atoms with Gasteiger partial charge in [0.15, 0.2) is 6.61 Å². The highest BCUT2D eigenvalue weighted by Gasteiger charge is 2.47. The fraction of sp³-hybridized carbons (Fsp3) is 0.682. The Bertz CT molecular complexity index is 733. The van der Waals surface area contributed by atoms with Gasteiger partial charge in [0.2, 0.25) is 0 Å². The number of hydrogen-bond donors (Lipinski definition) is 0. The average Bonchev–Trinajstić information content (AvgIpc) is 3.41. The van der Waals surface area contributed by atoms with Gasteiger partial charge in [-0.3, -0.25) is 9.69 Å². The highest BCUT2D eigenvalue weighted by molar-refractivity contribution is 6.42. The van der Waals surface area contributed by atoms with E-state index in [1.165, 1.54) is 12.8 Å². The number of nitrogens with zero attached hydrogens (tertiary/aromatic N) is 2. The first-order valence-corrected chi connectivity index (χ1v) is 11.4. The summed E-state index contributed by atoms with van der Waals surface area (Å²) in [7, 11) is 1.92. The number of hydrogen-bond acceptors (Lipinski definition) is 4. The molecule has 5 nitrogen and oxygen atoms in total. The van der Waals surface area contributed by atoms with E-state index in [9.17, 15) is 4.79 Å². The van der Waals surface area contributed by atoms with E-state index < -0.39 is 0 Å². The normalized spacial score (nSPS) is 30.0. The third-order valence-electron chi connectivity index (χ3n) is 6.86. The van der Waals surface area contributed by atoms with Gasteiger partial charge in [-0.25, -0.2) is 0 Å². The van der Waals surface area contributed by atoms with E-state index in [4.69, 9.17) is 32.7 Å². The lowest BCUT2D eigenvalue weighted by Crippen LogP contribution is -2.58. The van der Waals surface area contributed by atoms with Crippen LogP contribution in [0.25, 0.3) is 0 Å². The lowest BCUT2D eigenvalue weighted by atomic mass is 9.76. The number of benzene rings is 1. The van der Waals surface area contributed by atoms with Crippen molar-refractivity contribution >= 4 is 29.1 Å². The predicted molar refractivity (Wildman–Crippen MR) is 115 cm³/mol. The molecule has 3 fully saturated rings. The molecule has 0 N–H and O–H groups in total. The largest absolute Gasteiger partial charge is 0.484 e. The van der Waals surface area contributed by atoms with Crippen LogP contribution in [0.2, 0.25) is 10.0 Å². The number of ether oxygens (including phenoxy) is 2. The van der Waals surface area contributed by atoms with Crippen LogP contribution in [0.5, 0.6) is 5.75 Å². The molecule has 3 aliphatic rings. The molecule has 1 aliphatic carbocycles. The van der Waals surface area contributed by atoms with Crippen LogP contribution in [-0.2, 0) is 9.53 Å². The third-order valence-corrected chi connectivity index (χ3v) is 7.60. The van der Waals surface area contributed by atoms with E-state index in [-0.39, 0.29) is 24.2 Å². The van der Waals surface area contributed by atoms with Gasteiger partial charge in [0.05, 0.1) is 15.6 Å². The Morgan fingerprint density at radius 3 is 2.72 bits per heavy atom. The highest BCUT2D eigenvalue weighted by atomic mass is 35.5. The Morgan fingerprint density at radius 2 is 2.03 bits per heavy atom. The number of rotatable bonds is 5. The highest BCUT2D eigenvalue weighted by Crippen LogP contribution is 2.43. The molecular weight excluding hydrogens is 411 g/mol. The van der Waals surface area contributed by atoms with Gasteiger partial charge in [-0.15, -0.1) is 0 Å². The molecule has 0 unspecified atom stereocenters. The summed E-state index contributed by atoms with van der Waals surface area (Å²) >= 11 is 12.0. The van der Waals surface area contributed by atoms with Gasteiger partial charge in [0.25, 0.3) is 5.91 Å². The van der Waals surface area contributed by atoms with Crippen molar-refractivity contribution in [3.63, 3.8) is 0 Å². The maximum Gasteiger partial charge on any atom is 0.260 e. The minimum Gasteiger partial charge on any atom is -0.484 e. The molecule has 0 aromatic heterocycles. The number of carbonyl (C=O) groups excluding carboxylic acids is 1. The minimum atomic E-state index is -0.00596. The molecule has 29 heavy (non-hydrogen) atoms. The Hall–Kier alpha value is -1.01. The van der Waals surface area contributed by atoms with Gasteiger partial charge in [0, 0.05) is 31.8 Å². The summed E-state index contributed by atoms with van der Waals surface area (Å²) in [4.78, 5) is 17.4. The summed E-state index contributed by atoms with van der Waals surface area (Å²) in [5, 5.41) is 0.898. The molecule has 1 saturated carbocycles. The molecule has 0 radical (unpaired) electrons. The summed E-state index contributed by atoms with van der Waals surface area (Å²) in [6, 6.07) is 5.62. The van der Waals surface area contributed by atoms with Crippen LogP contribution in [0.15, 0.2) is 18.2 Å². The van der Waals surface area contributed by atoms with Gasteiger partial charge < -0.3 is 14.4 Å². The smallest absolute Gasteiger partial charge is 0.260 e. The molecule has 1 spiro atoms. The SMILES string of the molecule is CN(C(=O)COc1ccc(Cl)c(Cl)c1)[C@H]1CC[C@]2(CCCO2)C[C@@H]1N1CCCC1. The Balaban J connectivity index is 1.41. The zero-order valence-electron chi connectivity index (χ0n) is 17.0. The molecule has 4 rings (SSSR count). The summed E-state index contributed by atoms with van der Waals surface area (Å²) in [5.74, 6) is 0.549. The van der Waals surface area contributed by atoms with Crippen LogP contribution < -0.4 is 4.74 Å². The summed E-state index contributed by atoms with van der Waals surface area (Å²) in [6.07, 6.45) is 7.85. The molecule has 1 aromatic rings. The van der Waals surface area contributed by atoms with Crippen molar-refractivity contribution in [3.8, 4) is 5.75 Å². The lowest BCUT2D eigenvalue weighted by Gasteiger charge is -2.48. The summed E-state index contributed by atoms with van der Waals surface area (Å²) in [5.41, 5.74) is 0.0319. The van der Waals surface area contributed by atoms with E-state index in [1.807, 2.05) is 11.9 Å². The molecule has 3 atom stereocenters. The fourth-order valence-electron chi connectivity index (χ4n) is 5.23. The van der Waals surface area contributed by atoms with Crippen molar-refractivity contribution < 1.29 is 14.3 Å². The monoisotopic (exact) mass is 440 g/mol.